The molecular weight excluding hydrogens is 301 g/mol. The van der Waals surface area contributed by atoms with Gasteiger partial charge in [-0.1, -0.05) is 11.6 Å². The minimum absolute atomic E-state index is 0.0131. The molecule has 8 heteroatoms. The van der Waals surface area contributed by atoms with E-state index in [2.05, 4.69) is 10.3 Å². The molecule has 0 atom stereocenters. The first-order valence-corrected chi connectivity index (χ1v) is 6.17. The molecule has 0 fully saturated rings. The second-order valence-corrected chi connectivity index (χ2v) is 5.33. The zero-order valence-corrected chi connectivity index (χ0v) is 11.0. The van der Waals surface area contributed by atoms with Crippen LogP contribution in [0.3, 0.4) is 0 Å². The van der Waals surface area contributed by atoms with Gasteiger partial charge in [0, 0.05) is 4.88 Å². The van der Waals surface area contributed by atoms with Gasteiger partial charge in [-0.2, -0.15) is 0 Å². The third-order valence-corrected chi connectivity index (χ3v) is 3.34. The third kappa shape index (κ3) is 2.71. The second-order valence-electron chi connectivity index (χ2n) is 3.55. The Morgan fingerprint density at radius 2 is 2.00 bits per heavy atom. The predicted molar refractivity (Wildman–Crippen MR) is 66.1 cm³/mol. The fraction of sp³-hybridized carbons (Fsp3) is 0.0909. The Morgan fingerprint density at radius 1 is 1.32 bits per heavy atom. The molecule has 0 bridgehead atoms. The van der Waals surface area contributed by atoms with Gasteiger partial charge in [-0.25, -0.2) is 18.2 Å². The fourth-order valence-electron chi connectivity index (χ4n) is 1.38. The van der Waals surface area contributed by atoms with Gasteiger partial charge in [-0.05, 0) is 19.1 Å². The minimum Gasteiger partial charge on any atom is -0.318 e. The molecule has 1 amide bonds. The fourth-order valence-corrected chi connectivity index (χ4v) is 2.44. The summed E-state index contributed by atoms with van der Waals surface area (Å²) in [7, 11) is 0. The van der Waals surface area contributed by atoms with Crippen molar-refractivity contribution >= 4 is 34.5 Å². The Kier molecular flexibility index (Phi) is 3.77. The summed E-state index contributed by atoms with van der Waals surface area (Å²) in [6.45, 7) is 1.61. The van der Waals surface area contributed by atoms with Gasteiger partial charge in [-0.15, -0.1) is 11.3 Å². The van der Waals surface area contributed by atoms with Crippen LogP contribution in [-0.2, 0) is 0 Å². The lowest BCUT2D eigenvalue weighted by molar-refractivity contribution is 0.102. The first kappa shape index (κ1) is 13.8. The molecule has 0 spiro atoms. The molecule has 0 aliphatic rings. The third-order valence-electron chi connectivity index (χ3n) is 2.27. The largest absolute Gasteiger partial charge is 0.318 e. The molecule has 3 nitrogen and oxygen atoms in total. The number of anilines is 1. The van der Waals surface area contributed by atoms with Crippen LogP contribution in [0.2, 0.25) is 4.47 Å². The molecule has 1 heterocycles. The molecule has 1 aromatic carbocycles. The van der Waals surface area contributed by atoms with Crippen molar-refractivity contribution in [3.63, 3.8) is 0 Å². The molecule has 0 saturated heterocycles. The van der Waals surface area contributed by atoms with Crippen LogP contribution in [0.4, 0.5) is 18.9 Å². The van der Waals surface area contributed by atoms with Gasteiger partial charge in [0.1, 0.15) is 5.69 Å². The number of rotatable bonds is 2. The SMILES string of the molecule is Cc1sc(Cl)nc1C(=O)Nc1ccc(F)c(F)c1F. The molecule has 19 heavy (non-hydrogen) atoms. The van der Waals surface area contributed by atoms with E-state index in [0.717, 1.165) is 23.5 Å². The quantitative estimate of drug-likeness (QED) is 0.858. The molecule has 2 aromatic rings. The number of hydrogen-bond donors (Lipinski definition) is 1. The van der Waals surface area contributed by atoms with E-state index in [9.17, 15) is 18.0 Å². The van der Waals surface area contributed by atoms with Crippen LogP contribution < -0.4 is 5.32 Å². The molecule has 1 N–H and O–H groups in total. The van der Waals surface area contributed by atoms with Gasteiger partial charge >= 0.3 is 0 Å². The zero-order valence-electron chi connectivity index (χ0n) is 9.43. The first-order valence-electron chi connectivity index (χ1n) is 4.98. The van der Waals surface area contributed by atoms with Crippen LogP contribution in [0.15, 0.2) is 12.1 Å². The molecule has 0 radical (unpaired) electrons. The van der Waals surface area contributed by atoms with Crippen LogP contribution in [0.25, 0.3) is 0 Å². The number of carbonyl (C=O) groups is 1. The number of nitrogens with zero attached hydrogens (tertiary/aromatic N) is 1. The average molecular weight is 307 g/mol. The van der Waals surface area contributed by atoms with Crippen LogP contribution in [0, 0.1) is 24.4 Å². The van der Waals surface area contributed by atoms with Crippen LogP contribution in [-0.4, -0.2) is 10.9 Å². The van der Waals surface area contributed by atoms with Gasteiger partial charge < -0.3 is 5.32 Å². The zero-order chi connectivity index (χ0) is 14.2. The number of thiazole rings is 1. The predicted octanol–water partition coefficient (Wildman–Crippen LogP) is 3.77. The van der Waals surface area contributed by atoms with Crippen molar-refractivity contribution in [2.45, 2.75) is 6.92 Å². The molecule has 2 rings (SSSR count). The lowest BCUT2D eigenvalue weighted by atomic mass is 10.2. The maximum atomic E-state index is 13.4. The summed E-state index contributed by atoms with van der Waals surface area (Å²) in [5.41, 5.74) is -0.452. The second kappa shape index (κ2) is 5.18. The minimum atomic E-state index is -1.65. The number of aryl methyl sites for hydroxylation is 1. The van der Waals surface area contributed by atoms with E-state index < -0.39 is 29.0 Å². The molecule has 0 unspecified atom stereocenters. The van der Waals surface area contributed by atoms with E-state index in [1.54, 1.807) is 6.92 Å². The highest BCUT2D eigenvalue weighted by atomic mass is 35.5. The van der Waals surface area contributed by atoms with Crippen molar-refractivity contribution in [2.75, 3.05) is 5.32 Å². The van der Waals surface area contributed by atoms with Crippen LogP contribution in [0.1, 0.15) is 15.4 Å². The van der Waals surface area contributed by atoms with Gasteiger partial charge in [-0.3, -0.25) is 4.79 Å². The lowest BCUT2D eigenvalue weighted by Gasteiger charge is -2.06. The summed E-state index contributed by atoms with van der Waals surface area (Å²) in [5.74, 6) is -5.19. The number of halogens is 4. The van der Waals surface area contributed by atoms with Crippen molar-refractivity contribution < 1.29 is 18.0 Å². The number of nitrogens with one attached hydrogen (secondary N) is 1. The van der Waals surface area contributed by atoms with Gasteiger partial charge in [0.25, 0.3) is 5.91 Å². The molecule has 0 aliphatic carbocycles. The van der Waals surface area contributed by atoms with E-state index in [4.69, 9.17) is 11.6 Å². The normalized spacial score (nSPS) is 10.6. The Morgan fingerprint density at radius 3 is 2.58 bits per heavy atom. The monoisotopic (exact) mass is 306 g/mol. The van der Waals surface area contributed by atoms with E-state index in [-0.39, 0.29) is 10.2 Å². The summed E-state index contributed by atoms with van der Waals surface area (Å²) in [5, 5.41) is 2.11. The number of amides is 1. The Labute approximate surface area is 115 Å². The lowest BCUT2D eigenvalue weighted by Crippen LogP contribution is -2.15. The molecule has 1 aromatic heterocycles. The Hall–Kier alpha value is -1.60. The van der Waals surface area contributed by atoms with E-state index >= 15 is 0 Å². The number of aromatic nitrogens is 1. The smallest absolute Gasteiger partial charge is 0.275 e. The summed E-state index contributed by atoms with van der Waals surface area (Å²) < 4.78 is 39.3. The molecule has 0 saturated carbocycles. The van der Waals surface area contributed by atoms with Crippen molar-refractivity contribution in [3.05, 3.63) is 44.6 Å². The van der Waals surface area contributed by atoms with Gasteiger partial charge in [0.05, 0.1) is 5.69 Å². The highest BCUT2D eigenvalue weighted by Gasteiger charge is 2.19. The number of benzene rings is 1. The van der Waals surface area contributed by atoms with E-state index in [1.807, 2.05) is 0 Å². The van der Waals surface area contributed by atoms with E-state index in [1.165, 1.54) is 0 Å². The van der Waals surface area contributed by atoms with Crippen LogP contribution >= 0.6 is 22.9 Å². The number of carbonyl (C=O) groups excluding carboxylic acids is 1. The van der Waals surface area contributed by atoms with Crippen molar-refractivity contribution in [1.82, 2.24) is 4.98 Å². The topological polar surface area (TPSA) is 42.0 Å². The van der Waals surface area contributed by atoms with Gasteiger partial charge in [0.2, 0.25) is 0 Å². The maximum absolute atomic E-state index is 13.4. The average Bonchev–Trinajstić information content (AvgIpc) is 2.69. The van der Waals surface area contributed by atoms with Crippen molar-refractivity contribution in [2.24, 2.45) is 0 Å². The van der Waals surface area contributed by atoms with E-state index in [0.29, 0.717) is 4.88 Å². The maximum Gasteiger partial charge on any atom is 0.275 e. The Balaban J connectivity index is 2.29. The highest BCUT2D eigenvalue weighted by molar-refractivity contribution is 7.15. The first-order chi connectivity index (χ1) is 8.90. The Bertz CT molecular complexity index is 660. The van der Waals surface area contributed by atoms with Crippen molar-refractivity contribution in [1.29, 1.82) is 0 Å². The molecular formula is C11H6ClF3N2OS. The molecule has 0 aliphatic heterocycles. The number of hydrogen-bond acceptors (Lipinski definition) is 3. The standard InChI is InChI=1S/C11H6ClF3N2OS/c1-4-9(17-11(12)19-4)10(18)16-6-3-2-5(13)7(14)8(6)15/h2-3H,1H3,(H,16,18). The van der Waals surface area contributed by atoms with Crippen molar-refractivity contribution in [3.8, 4) is 0 Å². The summed E-state index contributed by atoms with van der Waals surface area (Å²) >= 11 is 6.72. The summed E-state index contributed by atoms with van der Waals surface area (Å²) in [4.78, 5) is 16.1. The summed E-state index contributed by atoms with van der Waals surface area (Å²) in [6, 6.07) is 1.64. The van der Waals surface area contributed by atoms with Crippen LogP contribution in [0.5, 0.6) is 0 Å². The highest BCUT2D eigenvalue weighted by Crippen LogP contribution is 2.24. The molecule has 100 valence electrons. The summed E-state index contributed by atoms with van der Waals surface area (Å²) in [6.07, 6.45) is 0. The van der Waals surface area contributed by atoms with Gasteiger partial charge in [0.15, 0.2) is 21.9 Å².